The fourth-order valence-corrected chi connectivity index (χ4v) is 4.78. The number of fused-ring (bicyclic) bond motifs is 1. The number of carbonyl (C=O) groups excluding carboxylic acids is 1. The van der Waals surface area contributed by atoms with Gasteiger partial charge in [0.1, 0.15) is 29.7 Å². The standard InChI is InChI=1S/C22H28N5O5P.C2H6.CHN.CH4O/c1-3-29-22(28)15(2)26-33(32-16-7-5-4-6-8-16)30-13-17-9-12-20(31-17)18-10-11-19-21(23)24-14-25-27(18)19;3*1-2/h4-8,10-11,14-15,17,20,26H,3,9,12-13H2,1-2H3,(H2,23,24,25);1-2H3;1H;2H,1H3. The molecule has 13 heteroatoms. The van der Waals surface area contributed by atoms with Crippen molar-refractivity contribution in [2.75, 3.05) is 26.1 Å². The summed E-state index contributed by atoms with van der Waals surface area (Å²) in [6.07, 6.45) is 2.84. The molecule has 1 aromatic carbocycles. The van der Waals surface area contributed by atoms with Gasteiger partial charge in [-0.25, -0.2) is 19.8 Å². The quantitative estimate of drug-likeness (QED) is 0.240. The van der Waals surface area contributed by atoms with Crippen LogP contribution in [0.25, 0.3) is 5.52 Å². The van der Waals surface area contributed by atoms with E-state index >= 15 is 0 Å². The number of nitrogens with one attached hydrogen (secondary N) is 1. The molecule has 4 atom stereocenters. The zero-order valence-corrected chi connectivity index (χ0v) is 24.0. The number of para-hydroxylation sites is 1. The molecule has 39 heavy (non-hydrogen) atoms. The third-order valence-corrected chi connectivity index (χ3v) is 6.56. The maximum absolute atomic E-state index is 12.1. The Morgan fingerprint density at radius 1 is 1.26 bits per heavy atom. The van der Waals surface area contributed by atoms with Crippen LogP contribution in [0.2, 0.25) is 0 Å². The third-order valence-electron chi connectivity index (χ3n) is 5.20. The fourth-order valence-electron chi connectivity index (χ4n) is 3.56. The fraction of sp³-hybridized carbons (Fsp3) is 0.462. The summed E-state index contributed by atoms with van der Waals surface area (Å²) in [4.78, 5) is 16.1. The first-order chi connectivity index (χ1) is 19.0. The Morgan fingerprint density at radius 2 is 1.95 bits per heavy atom. The van der Waals surface area contributed by atoms with Crippen LogP contribution in [0.15, 0.2) is 48.8 Å². The highest BCUT2D eigenvalue weighted by Crippen LogP contribution is 2.39. The van der Waals surface area contributed by atoms with E-state index in [1.807, 2.05) is 56.3 Å². The highest BCUT2D eigenvalue weighted by atomic mass is 31.2. The molecule has 0 aliphatic carbocycles. The van der Waals surface area contributed by atoms with Crippen LogP contribution in [0.1, 0.15) is 52.3 Å². The SMILES string of the molecule is C#N.CC.CCOC(=O)C(C)NP(OCC1CCC(c2ccc3c(N)ncnn23)O1)Oc1ccccc1.CO. The van der Waals surface area contributed by atoms with E-state index in [2.05, 4.69) is 21.7 Å². The lowest BCUT2D eigenvalue weighted by molar-refractivity contribution is -0.144. The maximum atomic E-state index is 12.1. The number of aliphatic hydroxyl groups is 1. The molecule has 0 radical (unpaired) electrons. The Morgan fingerprint density at radius 3 is 2.62 bits per heavy atom. The molecule has 1 saturated heterocycles. The predicted octanol–water partition coefficient (Wildman–Crippen LogP) is 4.17. The molecule has 4 rings (SSSR count). The zero-order chi connectivity index (χ0) is 29.2. The minimum Gasteiger partial charge on any atom is -0.465 e. The number of hydrogen-bond acceptors (Lipinski definition) is 11. The van der Waals surface area contributed by atoms with Crippen molar-refractivity contribution in [3.8, 4) is 12.3 Å². The number of nitrogens with zero attached hydrogens (tertiary/aromatic N) is 4. The van der Waals surface area contributed by atoms with E-state index in [4.69, 9.17) is 34.6 Å². The van der Waals surface area contributed by atoms with E-state index in [9.17, 15) is 4.79 Å². The average molecular weight is 563 g/mol. The van der Waals surface area contributed by atoms with Gasteiger partial charge in [-0.1, -0.05) is 32.0 Å². The van der Waals surface area contributed by atoms with Crippen LogP contribution < -0.4 is 15.3 Å². The topological polar surface area (TPSA) is 166 Å². The van der Waals surface area contributed by atoms with Crippen molar-refractivity contribution in [3.63, 3.8) is 0 Å². The first-order valence-corrected chi connectivity index (χ1v) is 13.8. The molecule has 2 aromatic heterocycles. The number of aromatic nitrogens is 3. The van der Waals surface area contributed by atoms with Crippen LogP contribution in [0.3, 0.4) is 0 Å². The first-order valence-electron chi connectivity index (χ1n) is 12.6. The Hall–Kier alpha value is -3.33. The summed E-state index contributed by atoms with van der Waals surface area (Å²) in [7, 11) is -0.601. The van der Waals surface area contributed by atoms with Crippen LogP contribution >= 0.6 is 8.53 Å². The number of nitrogen functional groups attached to an aromatic ring is 1. The Kier molecular flexibility index (Phi) is 16.3. The van der Waals surface area contributed by atoms with E-state index < -0.39 is 14.6 Å². The molecule has 0 spiro atoms. The average Bonchev–Trinajstić information content (AvgIpc) is 3.63. The number of ether oxygens (including phenoxy) is 2. The van der Waals surface area contributed by atoms with Crippen molar-refractivity contribution in [1.82, 2.24) is 19.7 Å². The number of anilines is 1. The maximum Gasteiger partial charge on any atom is 0.323 e. The molecule has 3 heterocycles. The lowest BCUT2D eigenvalue weighted by atomic mass is 10.1. The van der Waals surface area contributed by atoms with Gasteiger partial charge in [0.2, 0.25) is 0 Å². The van der Waals surface area contributed by atoms with Crippen molar-refractivity contribution >= 4 is 25.8 Å². The summed E-state index contributed by atoms with van der Waals surface area (Å²) in [5.74, 6) is 0.720. The van der Waals surface area contributed by atoms with Crippen LogP contribution in [0.5, 0.6) is 5.75 Å². The second-order valence-electron chi connectivity index (χ2n) is 7.58. The van der Waals surface area contributed by atoms with Gasteiger partial charge < -0.3 is 29.4 Å². The van der Waals surface area contributed by atoms with Crippen molar-refractivity contribution in [2.24, 2.45) is 0 Å². The van der Waals surface area contributed by atoms with Gasteiger partial charge in [-0.2, -0.15) is 5.10 Å². The lowest BCUT2D eigenvalue weighted by Crippen LogP contribution is -2.34. The smallest absolute Gasteiger partial charge is 0.323 e. The normalized spacial score (nSPS) is 17.2. The van der Waals surface area contributed by atoms with Gasteiger partial charge >= 0.3 is 14.5 Å². The summed E-state index contributed by atoms with van der Waals surface area (Å²) in [5.41, 5.74) is 7.62. The van der Waals surface area contributed by atoms with Gasteiger partial charge in [0.05, 0.1) is 25.0 Å². The predicted molar refractivity (Wildman–Crippen MR) is 150 cm³/mol. The molecule has 0 saturated carbocycles. The number of benzene rings is 1. The molecule has 1 aliphatic heterocycles. The molecule has 0 amide bonds. The van der Waals surface area contributed by atoms with Gasteiger partial charge in [-0.15, -0.1) is 0 Å². The molecule has 3 aromatic rings. The van der Waals surface area contributed by atoms with Crippen LogP contribution in [0.4, 0.5) is 5.82 Å². The first kappa shape index (κ1) is 33.7. The molecular formula is C26H39N6O6P. The summed E-state index contributed by atoms with van der Waals surface area (Å²) >= 11 is 0. The highest BCUT2D eigenvalue weighted by molar-refractivity contribution is 7.45. The van der Waals surface area contributed by atoms with Crippen LogP contribution in [-0.4, -0.2) is 58.1 Å². The number of aliphatic hydroxyl groups excluding tert-OH is 1. The monoisotopic (exact) mass is 562 g/mol. The molecule has 0 bridgehead atoms. The number of nitrogens with two attached hydrogens (primary N) is 1. The highest BCUT2D eigenvalue weighted by Gasteiger charge is 2.31. The Bertz CT molecular complexity index is 1120. The second-order valence-corrected chi connectivity index (χ2v) is 8.80. The summed E-state index contributed by atoms with van der Waals surface area (Å²) < 4.78 is 25.1. The van der Waals surface area contributed by atoms with E-state index in [1.54, 1.807) is 18.4 Å². The van der Waals surface area contributed by atoms with Gasteiger partial charge in [0, 0.05) is 13.7 Å². The van der Waals surface area contributed by atoms with Crippen molar-refractivity contribution < 1.29 is 28.4 Å². The minimum absolute atomic E-state index is 0.121. The molecule has 4 unspecified atom stereocenters. The van der Waals surface area contributed by atoms with E-state index in [-0.39, 0.29) is 18.2 Å². The van der Waals surface area contributed by atoms with Crippen LogP contribution in [-0.2, 0) is 18.8 Å². The lowest BCUT2D eigenvalue weighted by Gasteiger charge is -2.23. The Labute approximate surface area is 231 Å². The molecule has 1 aliphatic rings. The number of carbonyl (C=O) groups is 1. The van der Waals surface area contributed by atoms with Gasteiger partial charge in [-0.05, 0) is 51.0 Å². The number of hydrogen-bond donors (Lipinski definition) is 3. The van der Waals surface area contributed by atoms with Crippen molar-refractivity contribution in [1.29, 1.82) is 5.26 Å². The summed E-state index contributed by atoms with van der Waals surface area (Å²) in [5, 5.41) is 20.9. The van der Waals surface area contributed by atoms with E-state index in [0.29, 0.717) is 24.8 Å². The van der Waals surface area contributed by atoms with Gasteiger partial charge in [0.25, 0.3) is 0 Å². The van der Waals surface area contributed by atoms with Gasteiger partial charge in [-0.3, -0.25) is 4.79 Å². The second kappa shape index (κ2) is 18.8. The van der Waals surface area contributed by atoms with Crippen LogP contribution in [0, 0.1) is 11.8 Å². The largest absolute Gasteiger partial charge is 0.465 e. The zero-order valence-electron chi connectivity index (χ0n) is 23.1. The molecular weight excluding hydrogens is 523 g/mol. The molecule has 12 nitrogen and oxygen atoms in total. The summed E-state index contributed by atoms with van der Waals surface area (Å²) in [6, 6.07) is 12.6. The van der Waals surface area contributed by atoms with E-state index in [1.165, 1.54) is 6.33 Å². The van der Waals surface area contributed by atoms with Crippen molar-refractivity contribution in [3.05, 3.63) is 54.5 Å². The minimum atomic E-state index is -1.60. The Balaban J connectivity index is 0.00000119. The number of rotatable bonds is 10. The molecule has 1 fully saturated rings. The van der Waals surface area contributed by atoms with Gasteiger partial charge in [0.15, 0.2) is 5.82 Å². The third kappa shape index (κ3) is 10.1. The molecule has 214 valence electrons. The van der Waals surface area contributed by atoms with E-state index in [0.717, 1.165) is 31.2 Å². The number of nitriles is 1. The summed E-state index contributed by atoms with van der Waals surface area (Å²) in [6.45, 7) is 11.6. The number of esters is 1. The molecule has 4 N–H and O–H groups in total. The van der Waals surface area contributed by atoms with Crippen molar-refractivity contribution in [2.45, 2.75) is 58.8 Å².